The molecule has 0 aliphatic carbocycles. The third-order valence-electron chi connectivity index (χ3n) is 4.54. The van der Waals surface area contributed by atoms with E-state index in [2.05, 4.69) is 15.8 Å². The van der Waals surface area contributed by atoms with E-state index in [-0.39, 0.29) is 24.7 Å². The zero-order valence-electron chi connectivity index (χ0n) is 18.5. The van der Waals surface area contributed by atoms with Gasteiger partial charge in [0.05, 0.1) is 12.8 Å². The smallest absolute Gasteiger partial charge is 0.240 e. The minimum absolute atomic E-state index is 0.0342. The van der Waals surface area contributed by atoms with E-state index in [9.17, 15) is 9.59 Å². The van der Waals surface area contributed by atoms with Gasteiger partial charge in [-0.25, -0.2) is 5.43 Å². The summed E-state index contributed by atoms with van der Waals surface area (Å²) in [5, 5.41) is 6.72. The molecule has 0 heterocycles. The van der Waals surface area contributed by atoms with Crippen LogP contribution in [0.2, 0.25) is 0 Å². The molecule has 7 nitrogen and oxygen atoms in total. The van der Waals surface area contributed by atoms with Gasteiger partial charge in [-0.15, -0.1) is 0 Å². The van der Waals surface area contributed by atoms with Crippen molar-refractivity contribution in [2.45, 2.75) is 26.4 Å². The molecule has 0 aliphatic heterocycles. The fraction of sp³-hybridized carbons (Fsp3) is 0.192. The number of ether oxygens (including phenoxy) is 2. The summed E-state index contributed by atoms with van der Waals surface area (Å²) in [5.41, 5.74) is 4.94. The summed E-state index contributed by atoms with van der Waals surface area (Å²) >= 11 is 0. The average molecular weight is 446 g/mol. The van der Waals surface area contributed by atoms with Crippen LogP contribution in [-0.4, -0.2) is 24.6 Å². The third kappa shape index (κ3) is 8.14. The fourth-order valence-corrected chi connectivity index (χ4v) is 2.93. The lowest BCUT2D eigenvalue weighted by molar-refractivity contribution is -0.124. The van der Waals surface area contributed by atoms with Crippen molar-refractivity contribution in [2.24, 2.45) is 5.10 Å². The molecule has 0 saturated carbocycles. The summed E-state index contributed by atoms with van der Waals surface area (Å²) in [6.07, 6.45) is 1.62. The summed E-state index contributed by atoms with van der Waals surface area (Å²) in [7, 11) is 0. The standard InChI is InChI=1S/C26H27N3O4/c1-2-32-24-17-21(13-14-23(24)33-19-20-9-5-3-6-10-20)18-27-29-26(31)16-15-25(30)28-22-11-7-4-8-12-22/h3-14,17-18H,2,15-16,19H2,1H3,(H,28,30)(H,29,31). The van der Waals surface area contributed by atoms with Gasteiger partial charge in [0.2, 0.25) is 11.8 Å². The lowest BCUT2D eigenvalue weighted by Crippen LogP contribution is -2.20. The van der Waals surface area contributed by atoms with Gasteiger partial charge in [-0.2, -0.15) is 5.10 Å². The summed E-state index contributed by atoms with van der Waals surface area (Å²) in [5.74, 6) is 0.655. The van der Waals surface area contributed by atoms with E-state index in [4.69, 9.17) is 9.47 Å². The van der Waals surface area contributed by atoms with Crippen molar-refractivity contribution in [3.05, 3.63) is 90.0 Å². The number of rotatable bonds is 11. The van der Waals surface area contributed by atoms with Crippen LogP contribution in [0, 0.1) is 0 Å². The first-order valence-electron chi connectivity index (χ1n) is 10.7. The van der Waals surface area contributed by atoms with Crippen molar-refractivity contribution in [3.63, 3.8) is 0 Å². The van der Waals surface area contributed by atoms with E-state index < -0.39 is 0 Å². The zero-order chi connectivity index (χ0) is 23.3. The maximum absolute atomic E-state index is 12.0. The Bertz CT molecular complexity index is 1070. The maximum atomic E-state index is 12.0. The minimum Gasteiger partial charge on any atom is -0.490 e. The van der Waals surface area contributed by atoms with E-state index in [1.54, 1.807) is 18.2 Å². The molecule has 0 fully saturated rings. The van der Waals surface area contributed by atoms with Gasteiger partial charge in [0.1, 0.15) is 6.61 Å². The van der Waals surface area contributed by atoms with Gasteiger partial charge >= 0.3 is 0 Å². The molecule has 7 heteroatoms. The van der Waals surface area contributed by atoms with E-state index in [0.29, 0.717) is 30.4 Å². The monoisotopic (exact) mass is 445 g/mol. The highest BCUT2D eigenvalue weighted by atomic mass is 16.5. The molecule has 3 aromatic rings. The number of hydrogen-bond donors (Lipinski definition) is 2. The molecular formula is C26H27N3O4. The Labute approximate surface area is 193 Å². The first-order chi connectivity index (χ1) is 16.1. The number of para-hydroxylation sites is 1. The number of amides is 2. The predicted octanol–water partition coefficient (Wildman–Crippen LogP) is 4.53. The number of nitrogens with one attached hydrogen (secondary N) is 2. The Balaban J connectivity index is 1.48. The predicted molar refractivity (Wildman–Crippen MR) is 128 cm³/mol. The second-order valence-corrected chi connectivity index (χ2v) is 7.12. The molecule has 170 valence electrons. The molecule has 2 amide bonds. The minimum atomic E-state index is -0.345. The van der Waals surface area contributed by atoms with Gasteiger partial charge < -0.3 is 14.8 Å². The molecule has 2 N–H and O–H groups in total. The van der Waals surface area contributed by atoms with Gasteiger partial charge in [0, 0.05) is 18.5 Å². The largest absolute Gasteiger partial charge is 0.490 e. The van der Waals surface area contributed by atoms with Crippen LogP contribution in [0.5, 0.6) is 11.5 Å². The molecule has 0 unspecified atom stereocenters. The molecule has 3 rings (SSSR count). The maximum Gasteiger partial charge on any atom is 0.240 e. The molecule has 33 heavy (non-hydrogen) atoms. The number of carbonyl (C=O) groups excluding carboxylic acids is 2. The SMILES string of the molecule is CCOc1cc(C=NNC(=O)CCC(=O)Nc2ccccc2)ccc1OCc1ccccc1. The molecule has 3 aromatic carbocycles. The highest BCUT2D eigenvalue weighted by molar-refractivity contribution is 5.93. The van der Waals surface area contributed by atoms with Crippen LogP contribution in [-0.2, 0) is 16.2 Å². The number of nitrogens with zero attached hydrogens (tertiary/aromatic N) is 1. The van der Waals surface area contributed by atoms with Crippen molar-refractivity contribution in [1.29, 1.82) is 0 Å². The lowest BCUT2D eigenvalue weighted by atomic mass is 10.2. The number of benzene rings is 3. The lowest BCUT2D eigenvalue weighted by Gasteiger charge is -2.12. The van der Waals surface area contributed by atoms with Crippen LogP contribution in [0.4, 0.5) is 5.69 Å². The summed E-state index contributed by atoms with van der Waals surface area (Å²) in [6, 6.07) is 24.4. The quantitative estimate of drug-likeness (QED) is 0.335. The number of hydrogen-bond acceptors (Lipinski definition) is 5. The van der Waals surface area contributed by atoms with Crippen LogP contribution >= 0.6 is 0 Å². The number of hydrazone groups is 1. The van der Waals surface area contributed by atoms with E-state index >= 15 is 0 Å². The Morgan fingerprint density at radius 1 is 0.848 bits per heavy atom. The topological polar surface area (TPSA) is 89.0 Å². The fourth-order valence-electron chi connectivity index (χ4n) is 2.93. The van der Waals surface area contributed by atoms with Gasteiger partial charge in [-0.3, -0.25) is 9.59 Å². The van der Waals surface area contributed by atoms with Crippen LogP contribution in [0.1, 0.15) is 30.9 Å². The van der Waals surface area contributed by atoms with Crippen molar-refractivity contribution in [2.75, 3.05) is 11.9 Å². The number of anilines is 1. The highest BCUT2D eigenvalue weighted by Crippen LogP contribution is 2.28. The van der Waals surface area contributed by atoms with Gasteiger partial charge in [-0.1, -0.05) is 48.5 Å². The molecule has 0 aliphatic rings. The molecule has 0 radical (unpaired) electrons. The van der Waals surface area contributed by atoms with Crippen LogP contribution in [0.3, 0.4) is 0 Å². The Morgan fingerprint density at radius 2 is 1.55 bits per heavy atom. The van der Waals surface area contributed by atoms with Gasteiger partial charge in [0.15, 0.2) is 11.5 Å². The second-order valence-electron chi connectivity index (χ2n) is 7.12. The highest BCUT2D eigenvalue weighted by Gasteiger charge is 2.08. The van der Waals surface area contributed by atoms with Crippen molar-refractivity contribution >= 4 is 23.7 Å². The number of carbonyl (C=O) groups is 2. The van der Waals surface area contributed by atoms with Gasteiger partial charge in [-0.05, 0) is 48.4 Å². The van der Waals surface area contributed by atoms with E-state index in [1.807, 2.05) is 67.6 Å². The molecule has 0 spiro atoms. The van der Waals surface area contributed by atoms with Crippen molar-refractivity contribution < 1.29 is 19.1 Å². The Kier molecular flexibility index (Phi) is 9.03. The normalized spacial score (nSPS) is 10.6. The molecule has 0 aromatic heterocycles. The van der Waals surface area contributed by atoms with Crippen molar-refractivity contribution in [1.82, 2.24) is 5.43 Å². The first-order valence-corrected chi connectivity index (χ1v) is 10.7. The second kappa shape index (κ2) is 12.7. The summed E-state index contributed by atoms with van der Waals surface area (Å²) in [4.78, 5) is 23.9. The van der Waals surface area contributed by atoms with Crippen LogP contribution < -0.4 is 20.2 Å². The first kappa shape index (κ1) is 23.5. The molecule has 0 bridgehead atoms. The average Bonchev–Trinajstić information content (AvgIpc) is 2.84. The summed E-state index contributed by atoms with van der Waals surface area (Å²) < 4.78 is 11.6. The van der Waals surface area contributed by atoms with Crippen molar-refractivity contribution in [3.8, 4) is 11.5 Å². The summed E-state index contributed by atoms with van der Waals surface area (Å²) in [6.45, 7) is 2.82. The Morgan fingerprint density at radius 3 is 2.27 bits per heavy atom. The molecular weight excluding hydrogens is 418 g/mol. The zero-order valence-corrected chi connectivity index (χ0v) is 18.5. The van der Waals surface area contributed by atoms with Gasteiger partial charge in [0.25, 0.3) is 0 Å². The Hall–Kier alpha value is -4.13. The van der Waals surface area contributed by atoms with E-state index in [0.717, 1.165) is 11.1 Å². The molecule has 0 atom stereocenters. The van der Waals surface area contributed by atoms with Crippen LogP contribution in [0.25, 0.3) is 0 Å². The van der Waals surface area contributed by atoms with E-state index in [1.165, 1.54) is 6.21 Å². The van der Waals surface area contributed by atoms with Crippen LogP contribution in [0.15, 0.2) is 84.0 Å². The molecule has 0 saturated heterocycles. The third-order valence-corrected chi connectivity index (χ3v) is 4.54.